The fraction of sp³-hybridized carbons (Fsp3) is 0.125. The SMILES string of the molecule is Cc1cccc2cc(CN(Cc3cccnc3)C(=S)Nc3ccc(F)cc3)c(=O)[nH]c12. The standard InChI is InChI=1S/C24H21FN4OS/c1-16-4-2-6-18-12-19(23(30)28-22(16)18)15-29(14-17-5-3-11-26-13-17)24(31)27-21-9-7-20(25)8-10-21/h2-13H,14-15H2,1H3,(H,27,31)(H,28,30). The van der Waals surface area contributed by atoms with Gasteiger partial charge < -0.3 is 15.2 Å². The highest BCUT2D eigenvalue weighted by molar-refractivity contribution is 7.80. The maximum Gasteiger partial charge on any atom is 0.253 e. The van der Waals surface area contributed by atoms with Crippen LogP contribution in [0.5, 0.6) is 0 Å². The third-order valence-electron chi connectivity index (χ3n) is 5.01. The summed E-state index contributed by atoms with van der Waals surface area (Å²) in [5.74, 6) is -0.318. The fourth-order valence-corrected chi connectivity index (χ4v) is 3.65. The lowest BCUT2D eigenvalue weighted by molar-refractivity contribution is 0.410. The maximum absolute atomic E-state index is 13.2. The number of anilines is 1. The molecular weight excluding hydrogens is 411 g/mol. The van der Waals surface area contributed by atoms with Crippen LogP contribution >= 0.6 is 12.2 Å². The minimum absolute atomic E-state index is 0.150. The van der Waals surface area contributed by atoms with E-state index in [1.54, 1.807) is 24.5 Å². The molecule has 4 aromatic rings. The second-order valence-corrected chi connectivity index (χ2v) is 7.70. The minimum Gasteiger partial charge on any atom is -0.340 e. The van der Waals surface area contributed by atoms with Crippen molar-refractivity contribution in [3.05, 3.63) is 106 Å². The van der Waals surface area contributed by atoms with E-state index in [1.807, 2.05) is 48.2 Å². The van der Waals surface area contributed by atoms with Crippen molar-refractivity contribution in [2.75, 3.05) is 5.32 Å². The van der Waals surface area contributed by atoms with E-state index >= 15 is 0 Å². The van der Waals surface area contributed by atoms with Gasteiger partial charge in [0.2, 0.25) is 0 Å². The molecule has 0 radical (unpaired) electrons. The highest BCUT2D eigenvalue weighted by Gasteiger charge is 2.15. The molecule has 0 aliphatic heterocycles. The molecule has 0 atom stereocenters. The Morgan fingerprint density at radius 2 is 1.94 bits per heavy atom. The summed E-state index contributed by atoms with van der Waals surface area (Å²) in [4.78, 5) is 21.8. The lowest BCUT2D eigenvalue weighted by atomic mass is 10.1. The number of para-hydroxylation sites is 1. The minimum atomic E-state index is -0.318. The highest BCUT2D eigenvalue weighted by atomic mass is 32.1. The van der Waals surface area contributed by atoms with E-state index in [-0.39, 0.29) is 11.4 Å². The molecule has 2 N–H and O–H groups in total. The zero-order valence-electron chi connectivity index (χ0n) is 16.9. The zero-order chi connectivity index (χ0) is 21.8. The molecular formula is C24H21FN4OS. The molecule has 0 aliphatic rings. The van der Waals surface area contributed by atoms with Gasteiger partial charge in [-0.15, -0.1) is 0 Å². The quantitative estimate of drug-likeness (QED) is 0.445. The number of rotatable bonds is 5. The molecule has 2 aromatic carbocycles. The van der Waals surface area contributed by atoms with Crippen LogP contribution < -0.4 is 10.9 Å². The van der Waals surface area contributed by atoms with Crippen molar-refractivity contribution in [1.29, 1.82) is 0 Å². The Labute approximate surface area is 184 Å². The third-order valence-corrected chi connectivity index (χ3v) is 5.37. The monoisotopic (exact) mass is 432 g/mol. The number of fused-ring (bicyclic) bond motifs is 1. The number of halogens is 1. The number of aromatic amines is 1. The first-order chi connectivity index (χ1) is 15.0. The van der Waals surface area contributed by atoms with Crippen LogP contribution in [0, 0.1) is 12.7 Å². The summed E-state index contributed by atoms with van der Waals surface area (Å²) in [5, 5.41) is 4.53. The number of aromatic nitrogens is 2. The van der Waals surface area contributed by atoms with Gasteiger partial charge in [-0.3, -0.25) is 9.78 Å². The summed E-state index contributed by atoms with van der Waals surface area (Å²) in [6.45, 7) is 2.74. The molecule has 0 bridgehead atoms. The Morgan fingerprint density at radius 3 is 2.68 bits per heavy atom. The second kappa shape index (κ2) is 9.06. The molecule has 2 heterocycles. The molecule has 156 valence electrons. The number of nitrogens with one attached hydrogen (secondary N) is 2. The molecule has 0 spiro atoms. The van der Waals surface area contributed by atoms with Crippen LogP contribution in [0.25, 0.3) is 10.9 Å². The molecule has 0 amide bonds. The number of nitrogens with zero attached hydrogens (tertiary/aromatic N) is 2. The van der Waals surface area contributed by atoms with Crippen LogP contribution in [0.2, 0.25) is 0 Å². The van der Waals surface area contributed by atoms with Crippen molar-refractivity contribution in [3.63, 3.8) is 0 Å². The average molecular weight is 433 g/mol. The molecule has 0 aliphatic carbocycles. The lowest BCUT2D eigenvalue weighted by Gasteiger charge is -2.26. The van der Waals surface area contributed by atoms with Gasteiger partial charge >= 0.3 is 0 Å². The third kappa shape index (κ3) is 4.95. The fourth-order valence-electron chi connectivity index (χ4n) is 3.40. The number of aryl methyl sites for hydroxylation is 1. The zero-order valence-corrected chi connectivity index (χ0v) is 17.7. The van der Waals surface area contributed by atoms with E-state index in [0.717, 1.165) is 22.0 Å². The van der Waals surface area contributed by atoms with E-state index in [1.165, 1.54) is 12.1 Å². The van der Waals surface area contributed by atoms with Crippen molar-refractivity contribution in [3.8, 4) is 0 Å². The van der Waals surface area contributed by atoms with Crippen molar-refractivity contribution >= 4 is 33.9 Å². The second-order valence-electron chi connectivity index (χ2n) is 7.32. The normalized spacial score (nSPS) is 10.8. The van der Waals surface area contributed by atoms with Gasteiger partial charge in [-0.25, -0.2) is 4.39 Å². The van der Waals surface area contributed by atoms with Gasteiger partial charge in [-0.2, -0.15) is 0 Å². The Morgan fingerprint density at radius 1 is 1.13 bits per heavy atom. The van der Waals surface area contributed by atoms with Crippen LogP contribution in [0.1, 0.15) is 16.7 Å². The van der Waals surface area contributed by atoms with Gasteiger partial charge in [-0.05, 0) is 72.1 Å². The number of H-pyrrole nitrogens is 1. The van der Waals surface area contributed by atoms with E-state index < -0.39 is 0 Å². The van der Waals surface area contributed by atoms with Crippen molar-refractivity contribution in [1.82, 2.24) is 14.9 Å². The van der Waals surface area contributed by atoms with Gasteiger partial charge in [0.15, 0.2) is 5.11 Å². The molecule has 4 rings (SSSR count). The van der Waals surface area contributed by atoms with Gasteiger partial charge in [0.25, 0.3) is 5.56 Å². The molecule has 31 heavy (non-hydrogen) atoms. The van der Waals surface area contributed by atoms with E-state index in [2.05, 4.69) is 15.3 Å². The summed E-state index contributed by atoms with van der Waals surface area (Å²) in [6, 6.07) is 17.6. The van der Waals surface area contributed by atoms with Crippen LogP contribution in [0.3, 0.4) is 0 Å². The smallest absolute Gasteiger partial charge is 0.253 e. The molecule has 0 saturated heterocycles. The Hall–Kier alpha value is -3.58. The van der Waals surface area contributed by atoms with Crippen LogP contribution in [0.15, 0.2) is 77.9 Å². The topological polar surface area (TPSA) is 61.0 Å². The first-order valence-electron chi connectivity index (χ1n) is 9.81. The van der Waals surface area contributed by atoms with Crippen LogP contribution in [-0.4, -0.2) is 20.0 Å². The molecule has 0 fully saturated rings. The lowest BCUT2D eigenvalue weighted by Crippen LogP contribution is -2.35. The molecule has 2 aromatic heterocycles. The predicted octanol–water partition coefficient (Wildman–Crippen LogP) is 4.77. The van der Waals surface area contributed by atoms with Crippen LogP contribution in [0.4, 0.5) is 10.1 Å². The van der Waals surface area contributed by atoms with Crippen molar-refractivity contribution < 1.29 is 4.39 Å². The summed E-state index contributed by atoms with van der Waals surface area (Å²) < 4.78 is 13.2. The number of hydrogen-bond acceptors (Lipinski definition) is 3. The molecule has 5 nitrogen and oxygen atoms in total. The van der Waals surface area contributed by atoms with Gasteiger partial charge in [0.1, 0.15) is 5.82 Å². The Kier molecular flexibility index (Phi) is 6.04. The predicted molar refractivity (Wildman–Crippen MR) is 125 cm³/mol. The number of pyridine rings is 2. The molecule has 0 unspecified atom stereocenters. The van der Waals surface area contributed by atoms with Gasteiger partial charge in [-0.1, -0.05) is 24.3 Å². The van der Waals surface area contributed by atoms with E-state index in [0.29, 0.717) is 29.5 Å². The Bertz CT molecular complexity index is 1270. The maximum atomic E-state index is 13.2. The summed E-state index contributed by atoms with van der Waals surface area (Å²) >= 11 is 5.64. The van der Waals surface area contributed by atoms with Gasteiger partial charge in [0, 0.05) is 30.2 Å². The van der Waals surface area contributed by atoms with E-state index in [9.17, 15) is 9.18 Å². The Balaban J connectivity index is 1.64. The van der Waals surface area contributed by atoms with Crippen molar-refractivity contribution in [2.45, 2.75) is 20.0 Å². The molecule has 0 saturated carbocycles. The summed E-state index contributed by atoms with van der Waals surface area (Å²) in [6.07, 6.45) is 3.47. The molecule has 7 heteroatoms. The number of hydrogen-bond donors (Lipinski definition) is 2. The first kappa shape index (κ1) is 20.7. The summed E-state index contributed by atoms with van der Waals surface area (Å²) in [7, 11) is 0. The first-order valence-corrected chi connectivity index (χ1v) is 10.2. The average Bonchev–Trinajstić information content (AvgIpc) is 2.77. The van der Waals surface area contributed by atoms with Gasteiger partial charge in [0.05, 0.1) is 12.1 Å². The van der Waals surface area contributed by atoms with Crippen LogP contribution in [-0.2, 0) is 13.1 Å². The van der Waals surface area contributed by atoms with Crippen molar-refractivity contribution in [2.24, 2.45) is 0 Å². The largest absolute Gasteiger partial charge is 0.340 e. The van der Waals surface area contributed by atoms with E-state index in [4.69, 9.17) is 12.2 Å². The number of thiocarbonyl (C=S) groups is 1. The summed E-state index contributed by atoms with van der Waals surface area (Å²) in [5.41, 5.74) is 3.93. The number of benzene rings is 2. The highest BCUT2D eigenvalue weighted by Crippen LogP contribution is 2.17.